The summed E-state index contributed by atoms with van der Waals surface area (Å²) in [6.45, 7) is 12.1. The number of carbonyl (C=O) groups excluding carboxylic acids is 1. The summed E-state index contributed by atoms with van der Waals surface area (Å²) in [7, 11) is 0. The molecule has 0 bridgehead atoms. The quantitative estimate of drug-likeness (QED) is 0.772. The molecular weight excluding hydrogens is 264 g/mol. The molecule has 0 radical (unpaired) electrons. The number of rotatable bonds is 8. The minimum atomic E-state index is -0.345. The Morgan fingerprint density at radius 2 is 2.00 bits per heavy atom. The molecule has 21 heavy (non-hydrogen) atoms. The first-order chi connectivity index (χ1) is 9.89. The van der Waals surface area contributed by atoms with Crippen molar-refractivity contribution in [1.29, 1.82) is 0 Å². The summed E-state index contributed by atoms with van der Waals surface area (Å²) in [5.74, 6) is -0.0621. The maximum Gasteiger partial charge on any atom is 0.251 e. The summed E-state index contributed by atoms with van der Waals surface area (Å²) in [6.07, 6.45) is 1.08. The number of ether oxygens (including phenoxy) is 1. The van der Waals surface area contributed by atoms with Gasteiger partial charge in [0.15, 0.2) is 0 Å². The molecule has 0 aliphatic carbocycles. The molecule has 0 heterocycles. The van der Waals surface area contributed by atoms with Crippen LogP contribution >= 0.6 is 0 Å². The van der Waals surface area contributed by atoms with Crippen molar-refractivity contribution in [3.63, 3.8) is 0 Å². The number of nitrogens with one attached hydrogen (secondary N) is 2. The maximum atomic E-state index is 12.2. The van der Waals surface area contributed by atoms with E-state index in [4.69, 9.17) is 4.74 Å². The molecule has 0 atom stereocenters. The van der Waals surface area contributed by atoms with Crippen molar-refractivity contribution in [2.45, 2.75) is 46.6 Å². The van der Waals surface area contributed by atoms with E-state index in [2.05, 4.69) is 17.6 Å². The molecular formula is C17H28N2O2. The van der Waals surface area contributed by atoms with E-state index >= 15 is 0 Å². The fourth-order valence-electron chi connectivity index (χ4n) is 2.10. The highest BCUT2D eigenvalue weighted by molar-refractivity contribution is 5.94. The third-order valence-corrected chi connectivity index (χ3v) is 3.26. The van der Waals surface area contributed by atoms with Gasteiger partial charge in [-0.25, -0.2) is 0 Å². The minimum absolute atomic E-state index is 0.0621. The summed E-state index contributed by atoms with van der Waals surface area (Å²) >= 11 is 0. The van der Waals surface area contributed by atoms with Crippen LogP contribution in [0.15, 0.2) is 18.2 Å². The van der Waals surface area contributed by atoms with Gasteiger partial charge in [-0.3, -0.25) is 4.79 Å². The summed E-state index contributed by atoms with van der Waals surface area (Å²) in [4.78, 5) is 12.2. The van der Waals surface area contributed by atoms with Gasteiger partial charge in [-0.1, -0.05) is 6.92 Å². The fourth-order valence-corrected chi connectivity index (χ4v) is 2.10. The van der Waals surface area contributed by atoms with Gasteiger partial charge >= 0.3 is 0 Å². The van der Waals surface area contributed by atoms with Crippen molar-refractivity contribution in [3.8, 4) is 0 Å². The number of hydrogen-bond donors (Lipinski definition) is 2. The normalized spacial score (nSPS) is 11.3. The first-order valence-electron chi connectivity index (χ1n) is 7.66. The summed E-state index contributed by atoms with van der Waals surface area (Å²) < 4.78 is 5.58. The molecule has 0 saturated heterocycles. The second-order valence-electron chi connectivity index (χ2n) is 5.83. The molecule has 1 amide bonds. The molecule has 4 heteroatoms. The van der Waals surface area contributed by atoms with Crippen LogP contribution in [0.5, 0.6) is 0 Å². The Morgan fingerprint density at radius 1 is 1.29 bits per heavy atom. The van der Waals surface area contributed by atoms with Crippen molar-refractivity contribution >= 4 is 11.6 Å². The number of aryl methyl sites for hydroxylation is 1. The van der Waals surface area contributed by atoms with Gasteiger partial charge in [0, 0.05) is 30.9 Å². The van der Waals surface area contributed by atoms with Crippen molar-refractivity contribution in [2.24, 2.45) is 0 Å². The highest BCUT2D eigenvalue weighted by atomic mass is 16.5. The van der Waals surface area contributed by atoms with Crippen LogP contribution in [-0.2, 0) is 4.74 Å². The molecule has 1 rings (SSSR count). The van der Waals surface area contributed by atoms with Crippen LogP contribution in [0.25, 0.3) is 0 Å². The lowest BCUT2D eigenvalue weighted by atomic mass is 10.1. The van der Waals surface area contributed by atoms with E-state index in [-0.39, 0.29) is 11.5 Å². The third-order valence-electron chi connectivity index (χ3n) is 3.26. The lowest BCUT2D eigenvalue weighted by molar-refractivity contribution is -0.00815. The Hall–Kier alpha value is -1.55. The van der Waals surface area contributed by atoms with Crippen LogP contribution in [0.4, 0.5) is 5.69 Å². The molecule has 0 spiro atoms. The van der Waals surface area contributed by atoms with Crippen molar-refractivity contribution in [1.82, 2.24) is 5.32 Å². The van der Waals surface area contributed by atoms with Crippen LogP contribution in [0.2, 0.25) is 0 Å². The number of benzene rings is 1. The first-order valence-corrected chi connectivity index (χ1v) is 7.66. The third kappa shape index (κ3) is 5.76. The molecule has 0 aliphatic rings. The Kier molecular flexibility index (Phi) is 6.69. The van der Waals surface area contributed by atoms with E-state index in [9.17, 15) is 4.79 Å². The molecule has 0 aliphatic heterocycles. The standard InChI is InChI=1S/C17H28N2O2/c1-6-10-18-15-9-8-14(11-13(15)3)16(20)19-12-17(4,5)21-7-2/h8-9,11,18H,6-7,10,12H2,1-5H3,(H,19,20). The average Bonchev–Trinajstić information content (AvgIpc) is 2.43. The van der Waals surface area contributed by atoms with Gasteiger partial charge in [-0.2, -0.15) is 0 Å². The lowest BCUT2D eigenvalue weighted by Crippen LogP contribution is -2.40. The Morgan fingerprint density at radius 3 is 2.57 bits per heavy atom. The lowest BCUT2D eigenvalue weighted by Gasteiger charge is -2.25. The topological polar surface area (TPSA) is 50.4 Å². The fraction of sp³-hybridized carbons (Fsp3) is 0.588. The zero-order valence-corrected chi connectivity index (χ0v) is 13.9. The molecule has 0 saturated carbocycles. The second kappa shape index (κ2) is 8.03. The van der Waals surface area contributed by atoms with Crippen LogP contribution < -0.4 is 10.6 Å². The van der Waals surface area contributed by atoms with Crippen LogP contribution in [-0.4, -0.2) is 31.2 Å². The van der Waals surface area contributed by atoms with Gasteiger partial charge in [-0.05, 0) is 57.9 Å². The Balaban J connectivity index is 2.64. The molecule has 1 aromatic rings. The van der Waals surface area contributed by atoms with Crippen LogP contribution in [0.1, 0.15) is 50.0 Å². The van der Waals surface area contributed by atoms with E-state index in [1.807, 2.05) is 45.9 Å². The van der Waals surface area contributed by atoms with Crippen LogP contribution in [0, 0.1) is 6.92 Å². The van der Waals surface area contributed by atoms with Gasteiger partial charge in [-0.15, -0.1) is 0 Å². The van der Waals surface area contributed by atoms with E-state index in [0.29, 0.717) is 18.7 Å². The summed E-state index contributed by atoms with van der Waals surface area (Å²) in [5.41, 5.74) is 2.51. The molecule has 2 N–H and O–H groups in total. The van der Waals surface area contributed by atoms with Crippen LogP contribution in [0.3, 0.4) is 0 Å². The smallest absolute Gasteiger partial charge is 0.251 e. The highest BCUT2D eigenvalue weighted by Crippen LogP contribution is 2.17. The molecule has 118 valence electrons. The van der Waals surface area contributed by atoms with Gasteiger partial charge in [0.05, 0.1) is 5.60 Å². The Bertz CT molecular complexity index is 470. The van der Waals surface area contributed by atoms with Crippen molar-refractivity contribution < 1.29 is 9.53 Å². The maximum absolute atomic E-state index is 12.2. The van der Waals surface area contributed by atoms with Crippen molar-refractivity contribution in [3.05, 3.63) is 29.3 Å². The largest absolute Gasteiger partial charge is 0.385 e. The number of hydrogen-bond acceptors (Lipinski definition) is 3. The molecule has 4 nitrogen and oxygen atoms in total. The van der Waals surface area contributed by atoms with Gasteiger partial charge in [0.1, 0.15) is 0 Å². The monoisotopic (exact) mass is 292 g/mol. The summed E-state index contributed by atoms with van der Waals surface area (Å²) in [6, 6.07) is 5.74. The highest BCUT2D eigenvalue weighted by Gasteiger charge is 2.19. The molecule has 0 fully saturated rings. The Labute approximate surface area is 128 Å². The summed E-state index contributed by atoms with van der Waals surface area (Å²) in [5, 5.41) is 6.28. The van der Waals surface area contributed by atoms with E-state index < -0.39 is 0 Å². The predicted octanol–water partition coefficient (Wildman–Crippen LogP) is 3.36. The number of anilines is 1. The number of amides is 1. The van der Waals surface area contributed by atoms with Gasteiger partial charge in [0.2, 0.25) is 0 Å². The zero-order valence-electron chi connectivity index (χ0n) is 13.9. The zero-order chi connectivity index (χ0) is 15.9. The number of carbonyl (C=O) groups is 1. The van der Waals surface area contributed by atoms with E-state index in [1.165, 1.54) is 0 Å². The van der Waals surface area contributed by atoms with Gasteiger partial charge in [0.25, 0.3) is 5.91 Å². The molecule has 0 unspecified atom stereocenters. The minimum Gasteiger partial charge on any atom is -0.385 e. The average molecular weight is 292 g/mol. The van der Waals surface area contributed by atoms with E-state index in [1.54, 1.807) is 0 Å². The first kappa shape index (κ1) is 17.5. The predicted molar refractivity (Wildman–Crippen MR) is 88.0 cm³/mol. The van der Waals surface area contributed by atoms with Crippen molar-refractivity contribution in [2.75, 3.05) is 25.0 Å². The molecule has 1 aromatic carbocycles. The van der Waals surface area contributed by atoms with E-state index in [0.717, 1.165) is 24.2 Å². The van der Waals surface area contributed by atoms with Gasteiger partial charge < -0.3 is 15.4 Å². The SMILES string of the molecule is CCCNc1ccc(C(=O)NCC(C)(C)OCC)cc1C. The second-order valence-corrected chi connectivity index (χ2v) is 5.83. The molecule has 0 aromatic heterocycles.